The predicted molar refractivity (Wildman–Crippen MR) is 65.0 cm³/mol. The van der Waals surface area contributed by atoms with Gasteiger partial charge in [-0.25, -0.2) is 0 Å². The van der Waals surface area contributed by atoms with Crippen molar-refractivity contribution >= 4 is 5.91 Å². The van der Waals surface area contributed by atoms with Crippen LogP contribution >= 0.6 is 0 Å². The van der Waals surface area contributed by atoms with Crippen LogP contribution in [0.25, 0.3) is 0 Å². The third-order valence-electron chi connectivity index (χ3n) is 2.32. The summed E-state index contributed by atoms with van der Waals surface area (Å²) in [6.45, 7) is 10.2. The van der Waals surface area contributed by atoms with Gasteiger partial charge in [0.25, 0.3) is 0 Å². The Morgan fingerprint density at radius 1 is 1.07 bits per heavy atom. The second-order valence-corrected chi connectivity index (χ2v) is 4.14. The molecule has 3 nitrogen and oxygen atoms in total. The van der Waals surface area contributed by atoms with Crippen LogP contribution in [-0.2, 0) is 4.79 Å². The average Bonchev–Trinajstić information content (AvgIpc) is 2.20. The molecule has 1 aliphatic rings. The fourth-order valence-electron chi connectivity index (χ4n) is 1.43. The van der Waals surface area contributed by atoms with Crippen LogP contribution in [0.4, 0.5) is 0 Å². The quantitative estimate of drug-likeness (QED) is 0.701. The molecule has 0 aromatic carbocycles. The Labute approximate surface area is 94.4 Å². The van der Waals surface area contributed by atoms with Crippen molar-refractivity contribution in [1.82, 2.24) is 9.80 Å². The molecule has 1 fully saturated rings. The Kier molecular flexibility index (Phi) is 8.38. The number of rotatable bonds is 2. The highest BCUT2D eigenvalue weighted by molar-refractivity contribution is 5.76. The number of likely N-dealkylation sites (N-methyl/N-ethyl adjacent to an activating group) is 1. The molecule has 90 valence electrons. The first-order chi connectivity index (χ1) is 7.15. The summed E-state index contributed by atoms with van der Waals surface area (Å²) < 4.78 is 0. The molecule has 15 heavy (non-hydrogen) atoms. The van der Waals surface area contributed by atoms with Crippen LogP contribution in [0.5, 0.6) is 0 Å². The lowest BCUT2D eigenvalue weighted by Crippen LogP contribution is -2.47. The monoisotopic (exact) mass is 214 g/mol. The summed E-state index contributed by atoms with van der Waals surface area (Å²) in [5.41, 5.74) is 0. The molecule has 3 heteroatoms. The highest BCUT2D eigenvalue weighted by Crippen LogP contribution is 2.02. The van der Waals surface area contributed by atoms with E-state index in [0.29, 0.717) is 12.3 Å². The van der Waals surface area contributed by atoms with Crippen molar-refractivity contribution in [2.45, 2.75) is 40.0 Å². The number of piperazine rings is 1. The summed E-state index contributed by atoms with van der Waals surface area (Å²) in [5.74, 6) is 0.325. The molecule has 0 aromatic heterocycles. The highest BCUT2D eigenvalue weighted by Gasteiger charge is 2.17. The average molecular weight is 214 g/mol. The van der Waals surface area contributed by atoms with Gasteiger partial charge in [-0.1, -0.05) is 27.2 Å². The molecule has 0 unspecified atom stereocenters. The SMILES string of the molecule is CCC.CCCC(=O)N1CCN(C)CC1. The van der Waals surface area contributed by atoms with Crippen LogP contribution in [0.15, 0.2) is 0 Å². The van der Waals surface area contributed by atoms with Crippen molar-refractivity contribution in [3.05, 3.63) is 0 Å². The van der Waals surface area contributed by atoms with Crippen molar-refractivity contribution in [3.63, 3.8) is 0 Å². The Morgan fingerprint density at radius 3 is 1.93 bits per heavy atom. The number of nitrogens with zero attached hydrogens (tertiary/aromatic N) is 2. The maximum atomic E-state index is 11.4. The van der Waals surface area contributed by atoms with Gasteiger partial charge in [0.2, 0.25) is 5.91 Å². The molecule has 1 amide bonds. The highest BCUT2D eigenvalue weighted by atomic mass is 16.2. The standard InChI is InChI=1S/C9H18N2O.C3H8/c1-3-4-9(12)11-7-5-10(2)6-8-11;1-3-2/h3-8H2,1-2H3;3H2,1-2H3. The smallest absolute Gasteiger partial charge is 0.222 e. The van der Waals surface area contributed by atoms with Crippen molar-refractivity contribution in [3.8, 4) is 0 Å². The van der Waals surface area contributed by atoms with Gasteiger partial charge in [-0.3, -0.25) is 4.79 Å². The molecule has 0 atom stereocenters. The predicted octanol–water partition coefficient (Wildman–Crippen LogP) is 1.98. The van der Waals surface area contributed by atoms with Gasteiger partial charge in [-0.05, 0) is 13.5 Å². The van der Waals surface area contributed by atoms with Gasteiger partial charge < -0.3 is 9.80 Å². The second kappa shape index (κ2) is 8.72. The maximum absolute atomic E-state index is 11.4. The van der Waals surface area contributed by atoms with E-state index in [4.69, 9.17) is 0 Å². The molecule has 0 saturated carbocycles. The zero-order valence-electron chi connectivity index (χ0n) is 10.8. The van der Waals surface area contributed by atoms with E-state index in [9.17, 15) is 4.79 Å². The largest absolute Gasteiger partial charge is 0.340 e. The van der Waals surface area contributed by atoms with Crippen LogP contribution in [0.1, 0.15) is 40.0 Å². The van der Waals surface area contributed by atoms with Crippen molar-refractivity contribution in [1.29, 1.82) is 0 Å². The van der Waals surface area contributed by atoms with Gasteiger partial charge in [-0.2, -0.15) is 0 Å². The zero-order chi connectivity index (χ0) is 11.7. The second-order valence-electron chi connectivity index (χ2n) is 4.14. The Bertz CT molecular complexity index is 163. The number of carbonyl (C=O) groups is 1. The van der Waals surface area contributed by atoms with Crippen LogP contribution in [0.2, 0.25) is 0 Å². The molecular formula is C12H26N2O. The summed E-state index contributed by atoms with van der Waals surface area (Å²) in [6.07, 6.45) is 2.93. The molecule has 0 N–H and O–H groups in total. The molecule has 1 heterocycles. The van der Waals surface area contributed by atoms with E-state index in [0.717, 1.165) is 32.6 Å². The van der Waals surface area contributed by atoms with Crippen LogP contribution in [0, 0.1) is 0 Å². The maximum Gasteiger partial charge on any atom is 0.222 e. The van der Waals surface area contributed by atoms with E-state index in [-0.39, 0.29) is 0 Å². The Hall–Kier alpha value is -0.570. The molecule has 0 aliphatic carbocycles. The van der Waals surface area contributed by atoms with Crippen LogP contribution in [0.3, 0.4) is 0 Å². The normalized spacial score (nSPS) is 16.9. The van der Waals surface area contributed by atoms with Gasteiger partial charge >= 0.3 is 0 Å². The number of hydrogen-bond donors (Lipinski definition) is 0. The van der Waals surface area contributed by atoms with Crippen molar-refractivity contribution < 1.29 is 4.79 Å². The van der Waals surface area contributed by atoms with Crippen LogP contribution < -0.4 is 0 Å². The number of amides is 1. The zero-order valence-corrected chi connectivity index (χ0v) is 10.8. The Balaban J connectivity index is 0.000000583. The number of hydrogen-bond acceptors (Lipinski definition) is 2. The fraction of sp³-hybridized carbons (Fsp3) is 0.917. The van der Waals surface area contributed by atoms with E-state index in [1.54, 1.807) is 0 Å². The lowest BCUT2D eigenvalue weighted by Gasteiger charge is -2.32. The first-order valence-electron chi connectivity index (χ1n) is 6.11. The van der Waals surface area contributed by atoms with Gasteiger partial charge in [0, 0.05) is 32.6 Å². The van der Waals surface area contributed by atoms with Gasteiger partial charge in [0.15, 0.2) is 0 Å². The third kappa shape index (κ3) is 6.50. The van der Waals surface area contributed by atoms with Crippen molar-refractivity contribution in [2.75, 3.05) is 33.2 Å². The summed E-state index contributed by atoms with van der Waals surface area (Å²) >= 11 is 0. The summed E-state index contributed by atoms with van der Waals surface area (Å²) in [7, 11) is 2.10. The van der Waals surface area contributed by atoms with Crippen molar-refractivity contribution in [2.24, 2.45) is 0 Å². The van der Waals surface area contributed by atoms with E-state index in [1.165, 1.54) is 6.42 Å². The van der Waals surface area contributed by atoms with E-state index < -0.39 is 0 Å². The van der Waals surface area contributed by atoms with E-state index in [2.05, 4.69) is 25.8 Å². The minimum Gasteiger partial charge on any atom is -0.340 e. The third-order valence-corrected chi connectivity index (χ3v) is 2.32. The minimum absolute atomic E-state index is 0.325. The van der Waals surface area contributed by atoms with Gasteiger partial charge in [0.1, 0.15) is 0 Å². The summed E-state index contributed by atoms with van der Waals surface area (Å²) in [4.78, 5) is 15.6. The first-order valence-corrected chi connectivity index (χ1v) is 6.11. The molecule has 0 radical (unpaired) electrons. The lowest BCUT2D eigenvalue weighted by molar-refractivity contribution is -0.132. The molecule has 1 aliphatic heterocycles. The molecule has 0 aromatic rings. The molecular weight excluding hydrogens is 188 g/mol. The topological polar surface area (TPSA) is 23.6 Å². The van der Waals surface area contributed by atoms with E-state index >= 15 is 0 Å². The van der Waals surface area contributed by atoms with E-state index in [1.807, 2.05) is 11.8 Å². The first kappa shape index (κ1) is 14.4. The summed E-state index contributed by atoms with van der Waals surface area (Å²) in [5, 5.41) is 0. The molecule has 1 saturated heterocycles. The van der Waals surface area contributed by atoms with Gasteiger partial charge in [-0.15, -0.1) is 0 Å². The Morgan fingerprint density at radius 2 is 1.53 bits per heavy atom. The summed E-state index contributed by atoms with van der Waals surface area (Å²) in [6, 6.07) is 0. The molecule has 0 bridgehead atoms. The molecule has 0 spiro atoms. The number of carbonyl (C=O) groups excluding carboxylic acids is 1. The van der Waals surface area contributed by atoms with Crippen LogP contribution in [-0.4, -0.2) is 48.9 Å². The lowest BCUT2D eigenvalue weighted by atomic mass is 10.2. The fourth-order valence-corrected chi connectivity index (χ4v) is 1.43. The van der Waals surface area contributed by atoms with Gasteiger partial charge in [0.05, 0.1) is 0 Å². The molecule has 1 rings (SSSR count). The minimum atomic E-state index is 0.325.